The highest BCUT2D eigenvalue weighted by Gasteiger charge is 2.31. The second-order valence-electron chi connectivity index (χ2n) is 2.92. The van der Waals surface area contributed by atoms with Crippen LogP contribution in [0, 0.1) is 0 Å². The molecule has 0 radical (unpaired) electrons. The second-order valence-corrected chi connectivity index (χ2v) is 7.30. The van der Waals surface area contributed by atoms with Gasteiger partial charge in [0.05, 0.1) is 5.25 Å². The monoisotopic (exact) mass is 254 g/mol. The van der Waals surface area contributed by atoms with E-state index in [2.05, 4.69) is 9.05 Å². The predicted octanol–water partition coefficient (Wildman–Crippen LogP) is 2.06. The molecule has 0 aromatic carbocycles. The Hall–Kier alpha value is -0.160. The summed E-state index contributed by atoms with van der Waals surface area (Å²) in [5.41, 5.74) is 0. The third-order valence-corrected chi connectivity index (χ3v) is 5.97. The number of carbonyl (C=O) groups excluding carboxylic acids is 2. The van der Waals surface area contributed by atoms with Crippen molar-refractivity contribution >= 4 is 29.7 Å². The SMILES string of the molecule is COP(=O)(OC)SC(CC(C)=O)C(C)=O. The Morgan fingerprint density at radius 3 is 2.00 bits per heavy atom. The van der Waals surface area contributed by atoms with E-state index >= 15 is 0 Å². The van der Waals surface area contributed by atoms with Crippen molar-refractivity contribution < 1.29 is 23.2 Å². The summed E-state index contributed by atoms with van der Waals surface area (Å²) < 4.78 is 21.1. The Bertz CT molecular complexity index is 283. The molecule has 0 aliphatic carbocycles. The molecular weight excluding hydrogens is 239 g/mol. The number of carbonyl (C=O) groups is 2. The lowest BCUT2D eigenvalue weighted by Gasteiger charge is -2.17. The molecule has 0 aliphatic rings. The maximum Gasteiger partial charge on any atom is 0.389 e. The van der Waals surface area contributed by atoms with Gasteiger partial charge in [0.1, 0.15) is 11.6 Å². The van der Waals surface area contributed by atoms with E-state index in [-0.39, 0.29) is 18.0 Å². The molecule has 0 N–H and O–H groups in total. The molecule has 0 saturated carbocycles. The van der Waals surface area contributed by atoms with Crippen molar-refractivity contribution in [1.29, 1.82) is 0 Å². The van der Waals surface area contributed by atoms with E-state index in [0.717, 1.165) is 11.4 Å². The van der Waals surface area contributed by atoms with Crippen molar-refractivity contribution in [2.75, 3.05) is 14.2 Å². The van der Waals surface area contributed by atoms with E-state index in [1.165, 1.54) is 28.1 Å². The molecule has 0 heterocycles. The van der Waals surface area contributed by atoms with Crippen molar-refractivity contribution in [3.63, 3.8) is 0 Å². The summed E-state index contributed by atoms with van der Waals surface area (Å²) >= 11 is 0.769. The minimum atomic E-state index is -3.30. The third-order valence-electron chi connectivity index (χ3n) is 1.63. The molecular formula is C8H15O5PS. The molecule has 0 fully saturated rings. The predicted molar refractivity (Wildman–Crippen MR) is 59.0 cm³/mol. The number of hydrogen-bond donors (Lipinski definition) is 0. The number of hydrogen-bond acceptors (Lipinski definition) is 6. The van der Waals surface area contributed by atoms with E-state index < -0.39 is 12.0 Å². The second kappa shape index (κ2) is 6.43. The highest BCUT2D eigenvalue weighted by Crippen LogP contribution is 2.61. The molecule has 0 bridgehead atoms. The molecule has 0 spiro atoms. The van der Waals surface area contributed by atoms with Crippen LogP contribution in [-0.4, -0.2) is 31.0 Å². The van der Waals surface area contributed by atoms with Gasteiger partial charge in [-0.1, -0.05) is 0 Å². The Morgan fingerprint density at radius 2 is 1.73 bits per heavy atom. The van der Waals surface area contributed by atoms with E-state index in [4.69, 9.17) is 0 Å². The van der Waals surface area contributed by atoms with Crippen molar-refractivity contribution in [2.45, 2.75) is 25.5 Å². The summed E-state index contributed by atoms with van der Waals surface area (Å²) in [7, 11) is 2.48. The lowest BCUT2D eigenvalue weighted by atomic mass is 10.2. The molecule has 0 aromatic rings. The smallest absolute Gasteiger partial charge is 0.304 e. The molecule has 15 heavy (non-hydrogen) atoms. The van der Waals surface area contributed by atoms with Gasteiger partial charge >= 0.3 is 6.80 Å². The average Bonchev–Trinajstić information content (AvgIpc) is 2.16. The highest BCUT2D eigenvalue weighted by molar-refractivity contribution is 8.55. The van der Waals surface area contributed by atoms with E-state index in [9.17, 15) is 14.2 Å². The van der Waals surface area contributed by atoms with Crippen LogP contribution in [0.4, 0.5) is 0 Å². The maximum atomic E-state index is 11.7. The number of rotatable bonds is 7. The Morgan fingerprint density at radius 1 is 1.27 bits per heavy atom. The van der Waals surface area contributed by atoms with Crippen molar-refractivity contribution in [2.24, 2.45) is 0 Å². The van der Waals surface area contributed by atoms with Crippen LogP contribution in [0.25, 0.3) is 0 Å². The summed E-state index contributed by atoms with van der Waals surface area (Å²) in [6.07, 6.45) is 0.0384. The maximum absolute atomic E-state index is 11.7. The highest BCUT2D eigenvalue weighted by atomic mass is 32.7. The zero-order chi connectivity index (χ0) is 12.1. The third kappa shape index (κ3) is 5.47. The summed E-state index contributed by atoms with van der Waals surface area (Å²) in [5, 5.41) is -0.673. The molecule has 1 unspecified atom stereocenters. The van der Waals surface area contributed by atoms with Gasteiger partial charge in [0, 0.05) is 20.6 Å². The largest absolute Gasteiger partial charge is 0.389 e. The molecule has 0 saturated heterocycles. The minimum Gasteiger partial charge on any atom is -0.304 e. The van der Waals surface area contributed by atoms with Gasteiger partial charge in [-0.05, 0) is 25.2 Å². The van der Waals surface area contributed by atoms with E-state index in [1.54, 1.807) is 0 Å². The van der Waals surface area contributed by atoms with Crippen molar-refractivity contribution in [1.82, 2.24) is 0 Å². The molecule has 0 aliphatic heterocycles. The Kier molecular flexibility index (Phi) is 6.36. The summed E-state index contributed by atoms with van der Waals surface area (Å²) in [4.78, 5) is 22.1. The Labute approximate surface area is 93.2 Å². The quantitative estimate of drug-likeness (QED) is 0.648. The fourth-order valence-corrected chi connectivity index (χ4v) is 4.04. The number of Topliss-reactive ketones (excluding diaryl/α,β-unsaturated/α-hetero) is 2. The van der Waals surface area contributed by atoms with Gasteiger partial charge in [0.25, 0.3) is 0 Å². The topological polar surface area (TPSA) is 69.7 Å². The average molecular weight is 254 g/mol. The lowest BCUT2D eigenvalue weighted by molar-refractivity contribution is -0.121. The zero-order valence-corrected chi connectivity index (χ0v) is 10.9. The van der Waals surface area contributed by atoms with Gasteiger partial charge in [0.2, 0.25) is 0 Å². The molecule has 7 heteroatoms. The first-order chi connectivity index (χ1) is 6.84. The minimum absolute atomic E-state index is 0.0384. The fourth-order valence-electron chi connectivity index (χ4n) is 0.833. The van der Waals surface area contributed by atoms with Gasteiger partial charge in [-0.25, -0.2) is 4.57 Å². The first-order valence-corrected chi connectivity index (χ1v) is 7.27. The van der Waals surface area contributed by atoms with Gasteiger partial charge in [0.15, 0.2) is 0 Å². The van der Waals surface area contributed by atoms with Gasteiger partial charge in [-0.3, -0.25) is 9.59 Å². The zero-order valence-electron chi connectivity index (χ0n) is 9.18. The summed E-state index contributed by atoms with van der Waals surface area (Å²) in [5.74, 6) is -0.356. The molecule has 88 valence electrons. The van der Waals surface area contributed by atoms with Gasteiger partial charge in [-0.15, -0.1) is 0 Å². The normalized spacial score (nSPS) is 13.6. The van der Waals surface area contributed by atoms with E-state index in [0.29, 0.717) is 0 Å². The fraction of sp³-hybridized carbons (Fsp3) is 0.750. The summed E-state index contributed by atoms with van der Waals surface area (Å²) in [6, 6.07) is 0. The molecule has 0 aromatic heterocycles. The van der Waals surface area contributed by atoms with E-state index in [1.807, 2.05) is 0 Å². The van der Waals surface area contributed by atoms with Crippen LogP contribution < -0.4 is 0 Å². The van der Waals surface area contributed by atoms with Crippen LogP contribution in [0.2, 0.25) is 0 Å². The van der Waals surface area contributed by atoms with Crippen LogP contribution in [0.15, 0.2) is 0 Å². The van der Waals surface area contributed by atoms with Crippen LogP contribution in [0.3, 0.4) is 0 Å². The van der Waals surface area contributed by atoms with Crippen LogP contribution in [0.5, 0.6) is 0 Å². The molecule has 0 amide bonds. The lowest BCUT2D eigenvalue weighted by Crippen LogP contribution is -2.17. The molecule has 0 rings (SSSR count). The van der Waals surface area contributed by atoms with Crippen LogP contribution in [0.1, 0.15) is 20.3 Å². The summed E-state index contributed by atoms with van der Waals surface area (Å²) in [6.45, 7) is -0.584. The molecule has 5 nitrogen and oxygen atoms in total. The van der Waals surface area contributed by atoms with Crippen LogP contribution >= 0.6 is 18.2 Å². The first kappa shape index (κ1) is 14.8. The van der Waals surface area contributed by atoms with Gasteiger partial charge < -0.3 is 9.05 Å². The molecule has 1 atom stereocenters. The number of ketones is 2. The Balaban J connectivity index is 4.60. The van der Waals surface area contributed by atoms with Crippen molar-refractivity contribution in [3.05, 3.63) is 0 Å². The van der Waals surface area contributed by atoms with Crippen molar-refractivity contribution in [3.8, 4) is 0 Å². The first-order valence-electron chi connectivity index (χ1n) is 4.24. The van der Waals surface area contributed by atoms with Crippen LogP contribution in [-0.2, 0) is 23.2 Å². The standard InChI is InChI=1S/C8H15O5PS/c1-6(9)5-8(7(2)10)15-14(11,12-3)13-4/h8H,5H2,1-4H3. The van der Waals surface area contributed by atoms with Gasteiger partial charge in [-0.2, -0.15) is 0 Å².